The van der Waals surface area contributed by atoms with Gasteiger partial charge in [0.15, 0.2) is 0 Å². The highest BCUT2D eigenvalue weighted by Crippen LogP contribution is 2.30. The van der Waals surface area contributed by atoms with Gasteiger partial charge in [0.2, 0.25) is 5.91 Å². The summed E-state index contributed by atoms with van der Waals surface area (Å²) < 4.78 is 1.93. The van der Waals surface area contributed by atoms with Crippen LogP contribution in [-0.4, -0.2) is 21.7 Å². The maximum Gasteiger partial charge on any atom is 0.223 e. The largest absolute Gasteiger partial charge is 0.349 e. The van der Waals surface area contributed by atoms with Crippen molar-refractivity contribution in [2.24, 2.45) is 18.7 Å². The van der Waals surface area contributed by atoms with Gasteiger partial charge in [-0.3, -0.25) is 9.48 Å². The Labute approximate surface area is 132 Å². The molecule has 1 aromatic rings. The first kappa shape index (κ1) is 16.3. The van der Waals surface area contributed by atoms with Crippen LogP contribution in [0.4, 0.5) is 0 Å². The fraction of sp³-hybridized carbons (Fsp3) is 0.733. The van der Waals surface area contributed by atoms with E-state index in [0.717, 1.165) is 44.9 Å². The number of nitrogens with zero attached hydrogens (tertiary/aromatic N) is 2. The molecule has 2 aliphatic carbocycles. The van der Waals surface area contributed by atoms with Crippen LogP contribution < -0.4 is 11.1 Å². The first-order chi connectivity index (χ1) is 9.65. The van der Waals surface area contributed by atoms with Gasteiger partial charge in [0.05, 0.1) is 12.2 Å². The Morgan fingerprint density at radius 2 is 2.19 bits per heavy atom. The zero-order chi connectivity index (χ0) is 14.1. The lowest BCUT2D eigenvalue weighted by Gasteiger charge is -2.29. The normalized spacial score (nSPS) is 28.4. The molecule has 3 rings (SSSR count). The zero-order valence-corrected chi connectivity index (χ0v) is 13.4. The van der Waals surface area contributed by atoms with E-state index in [0.29, 0.717) is 0 Å². The van der Waals surface area contributed by atoms with Crippen LogP contribution in [0.5, 0.6) is 0 Å². The lowest BCUT2D eigenvalue weighted by atomic mass is 9.85. The summed E-state index contributed by atoms with van der Waals surface area (Å²) in [5.74, 6) is 0.280. The Kier molecular flexibility index (Phi) is 5.27. The Hall–Kier alpha value is -1.07. The molecule has 0 saturated heterocycles. The molecule has 1 heterocycles. The number of rotatable bonds is 2. The summed E-state index contributed by atoms with van der Waals surface area (Å²) >= 11 is 0. The number of nitrogens with one attached hydrogen (secondary N) is 1. The fourth-order valence-corrected chi connectivity index (χ4v) is 3.61. The molecule has 2 aliphatic rings. The van der Waals surface area contributed by atoms with Gasteiger partial charge in [-0.2, -0.15) is 5.10 Å². The van der Waals surface area contributed by atoms with Crippen molar-refractivity contribution in [1.29, 1.82) is 0 Å². The van der Waals surface area contributed by atoms with Gasteiger partial charge in [-0.25, -0.2) is 0 Å². The van der Waals surface area contributed by atoms with Crippen LogP contribution in [0.3, 0.4) is 0 Å². The van der Waals surface area contributed by atoms with Crippen molar-refractivity contribution in [2.75, 3.05) is 0 Å². The van der Waals surface area contributed by atoms with Crippen LogP contribution in [0.15, 0.2) is 6.20 Å². The third kappa shape index (κ3) is 3.40. The quantitative estimate of drug-likeness (QED) is 0.875. The van der Waals surface area contributed by atoms with Gasteiger partial charge >= 0.3 is 0 Å². The van der Waals surface area contributed by atoms with Crippen molar-refractivity contribution >= 4 is 18.3 Å². The summed E-state index contributed by atoms with van der Waals surface area (Å²) in [6.07, 6.45) is 9.04. The molecule has 21 heavy (non-hydrogen) atoms. The number of nitrogens with two attached hydrogens (primary N) is 1. The van der Waals surface area contributed by atoms with E-state index in [2.05, 4.69) is 10.4 Å². The summed E-state index contributed by atoms with van der Waals surface area (Å²) in [4.78, 5) is 12.4. The zero-order valence-electron chi connectivity index (χ0n) is 12.5. The van der Waals surface area contributed by atoms with Crippen molar-refractivity contribution in [3.8, 4) is 0 Å². The predicted octanol–water partition coefficient (Wildman–Crippen LogP) is 1.85. The molecule has 6 heteroatoms. The van der Waals surface area contributed by atoms with Crippen molar-refractivity contribution in [1.82, 2.24) is 15.1 Å². The van der Waals surface area contributed by atoms with E-state index < -0.39 is 0 Å². The van der Waals surface area contributed by atoms with Gasteiger partial charge in [-0.1, -0.05) is 6.42 Å². The second-order valence-electron chi connectivity index (χ2n) is 6.25. The fourth-order valence-electron chi connectivity index (χ4n) is 3.61. The molecular formula is C15H25ClN4O. The summed E-state index contributed by atoms with van der Waals surface area (Å²) in [6.45, 7) is 0. The highest BCUT2D eigenvalue weighted by molar-refractivity contribution is 5.85. The van der Waals surface area contributed by atoms with Crippen molar-refractivity contribution in [2.45, 2.75) is 57.0 Å². The maximum atomic E-state index is 12.4. The van der Waals surface area contributed by atoms with Crippen LogP contribution in [-0.2, 0) is 18.3 Å². The van der Waals surface area contributed by atoms with Gasteiger partial charge in [0.25, 0.3) is 0 Å². The van der Waals surface area contributed by atoms with E-state index in [4.69, 9.17) is 5.73 Å². The molecule has 1 aromatic heterocycles. The number of fused-ring (bicyclic) bond motifs is 1. The Morgan fingerprint density at radius 1 is 1.38 bits per heavy atom. The topological polar surface area (TPSA) is 72.9 Å². The van der Waals surface area contributed by atoms with Crippen LogP contribution in [0.1, 0.15) is 55.8 Å². The number of amides is 1. The number of hydrogen-bond acceptors (Lipinski definition) is 3. The second kappa shape index (κ2) is 6.79. The standard InChI is InChI=1S/C15H24N4O.ClH/c1-19-14-7-3-6-13(12(14)9-17-19)18-15(20)10-4-2-5-11(16)8-10;/h9-11,13H,2-8,16H2,1H3,(H,18,20);1H. The lowest BCUT2D eigenvalue weighted by molar-refractivity contribution is -0.127. The predicted molar refractivity (Wildman–Crippen MR) is 84.2 cm³/mol. The molecule has 3 unspecified atom stereocenters. The SMILES string of the molecule is Cl.Cn1ncc2c1CCCC2NC(=O)C1CCCC(N)C1. The highest BCUT2D eigenvalue weighted by atomic mass is 35.5. The van der Waals surface area contributed by atoms with Crippen molar-refractivity contribution in [3.05, 3.63) is 17.5 Å². The summed E-state index contributed by atoms with van der Waals surface area (Å²) in [5.41, 5.74) is 8.45. The van der Waals surface area contributed by atoms with E-state index in [-0.39, 0.29) is 36.3 Å². The number of aryl methyl sites for hydroxylation is 1. The maximum absolute atomic E-state index is 12.4. The molecule has 5 nitrogen and oxygen atoms in total. The molecule has 0 spiro atoms. The number of halogens is 1. The van der Waals surface area contributed by atoms with Gasteiger partial charge in [-0.15, -0.1) is 12.4 Å². The molecule has 1 saturated carbocycles. The molecular weight excluding hydrogens is 288 g/mol. The van der Waals surface area contributed by atoms with Gasteiger partial charge in [0, 0.05) is 30.3 Å². The number of hydrogen-bond donors (Lipinski definition) is 2. The molecule has 3 N–H and O–H groups in total. The molecule has 118 valence electrons. The van der Waals surface area contributed by atoms with Gasteiger partial charge in [0.1, 0.15) is 0 Å². The van der Waals surface area contributed by atoms with Crippen LogP contribution >= 0.6 is 12.4 Å². The molecule has 0 aromatic carbocycles. The minimum absolute atomic E-state index is 0. The van der Waals surface area contributed by atoms with Crippen LogP contribution in [0, 0.1) is 5.92 Å². The third-order valence-electron chi connectivity index (χ3n) is 4.78. The average Bonchev–Trinajstić information content (AvgIpc) is 2.82. The Balaban J connectivity index is 0.00000161. The molecule has 3 atom stereocenters. The van der Waals surface area contributed by atoms with E-state index in [9.17, 15) is 4.79 Å². The average molecular weight is 313 g/mol. The third-order valence-corrected chi connectivity index (χ3v) is 4.78. The minimum Gasteiger partial charge on any atom is -0.349 e. The molecule has 1 fully saturated rings. The number of aromatic nitrogens is 2. The summed E-state index contributed by atoms with van der Waals surface area (Å²) in [5, 5.41) is 7.56. The van der Waals surface area contributed by atoms with Gasteiger partial charge in [-0.05, 0) is 38.5 Å². The highest BCUT2D eigenvalue weighted by Gasteiger charge is 2.29. The molecule has 1 amide bonds. The first-order valence-corrected chi connectivity index (χ1v) is 7.72. The Morgan fingerprint density at radius 3 is 2.95 bits per heavy atom. The smallest absolute Gasteiger partial charge is 0.223 e. The second-order valence-corrected chi connectivity index (χ2v) is 6.25. The lowest BCUT2D eigenvalue weighted by Crippen LogP contribution is -2.40. The van der Waals surface area contributed by atoms with E-state index >= 15 is 0 Å². The van der Waals surface area contributed by atoms with Crippen molar-refractivity contribution in [3.63, 3.8) is 0 Å². The first-order valence-electron chi connectivity index (χ1n) is 7.72. The molecule has 0 radical (unpaired) electrons. The van der Waals surface area contributed by atoms with Crippen LogP contribution in [0.2, 0.25) is 0 Å². The van der Waals surface area contributed by atoms with E-state index in [1.807, 2.05) is 17.9 Å². The van der Waals surface area contributed by atoms with Gasteiger partial charge < -0.3 is 11.1 Å². The van der Waals surface area contributed by atoms with Crippen molar-refractivity contribution < 1.29 is 4.79 Å². The van der Waals surface area contributed by atoms with Crippen LogP contribution in [0.25, 0.3) is 0 Å². The van der Waals surface area contributed by atoms with E-state index in [1.165, 1.54) is 11.3 Å². The number of carbonyl (C=O) groups excluding carboxylic acids is 1. The van der Waals surface area contributed by atoms with E-state index in [1.54, 1.807) is 0 Å². The minimum atomic E-state index is 0. The molecule has 0 aliphatic heterocycles. The summed E-state index contributed by atoms with van der Waals surface area (Å²) in [7, 11) is 1.98. The number of carbonyl (C=O) groups is 1. The Bertz CT molecular complexity index is 502. The monoisotopic (exact) mass is 312 g/mol. The summed E-state index contributed by atoms with van der Waals surface area (Å²) in [6, 6.07) is 0.331. The molecule has 0 bridgehead atoms.